The van der Waals surface area contributed by atoms with Gasteiger partial charge in [0.15, 0.2) is 0 Å². The van der Waals surface area contributed by atoms with Gasteiger partial charge in [-0.1, -0.05) is 42.5 Å². The van der Waals surface area contributed by atoms with Crippen LogP contribution in [0.1, 0.15) is 65.4 Å². The molecular formula is C28H31N3. The molecule has 3 aromatic rings. The molecule has 0 unspecified atom stereocenters. The molecule has 0 amide bonds. The van der Waals surface area contributed by atoms with Crippen LogP contribution in [-0.2, 0) is 6.42 Å². The number of aromatic nitrogens is 1. The first-order chi connectivity index (χ1) is 14.9. The number of pyridine rings is 1. The van der Waals surface area contributed by atoms with Gasteiger partial charge < -0.3 is 0 Å². The van der Waals surface area contributed by atoms with Gasteiger partial charge in [-0.15, -0.1) is 0 Å². The summed E-state index contributed by atoms with van der Waals surface area (Å²) in [6.07, 6.45) is 4.34. The molecular weight excluding hydrogens is 378 g/mol. The summed E-state index contributed by atoms with van der Waals surface area (Å²) in [6, 6.07) is 17.0. The molecule has 1 aromatic heterocycles. The largest absolute Gasteiger partial charge is 0.251 e. The molecule has 31 heavy (non-hydrogen) atoms. The maximum absolute atomic E-state index is 5.15. The number of rotatable bonds is 3. The summed E-state index contributed by atoms with van der Waals surface area (Å²) >= 11 is 0. The second kappa shape index (κ2) is 8.97. The summed E-state index contributed by atoms with van der Waals surface area (Å²) in [5, 5.41) is 0. The minimum absolute atomic E-state index is 0.928. The molecule has 1 aliphatic rings. The van der Waals surface area contributed by atoms with E-state index in [9.17, 15) is 0 Å². The maximum Gasteiger partial charge on any atom is 0.0884 e. The Kier molecular flexibility index (Phi) is 6.13. The molecule has 0 radical (unpaired) electrons. The molecule has 0 N–H and O–H groups in total. The van der Waals surface area contributed by atoms with Crippen molar-refractivity contribution in [3.63, 3.8) is 0 Å². The number of fused-ring (bicyclic) bond motifs is 1. The Morgan fingerprint density at radius 1 is 0.742 bits per heavy atom. The Morgan fingerprint density at radius 3 is 1.97 bits per heavy atom. The van der Waals surface area contributed by atoms with Crippen molar-refractivity contribution in [2.45, 2.75) is 60.3 Å². The van der Waals surface area contributed by atoms with Crippen LogP contribution in [0.25, 0.3) is 0 Å². The van der Waals surface area contributed by atoms with E-state index < -0.39 is 0 Å². The first-order valence-electron chi connectivity index (χ1n) is 11.2. The van der Waals surface area contributed by atoms with E-state index in [0.717, 1.165) is 53.4 Å². The van der Waals surface area contributed by atoms with Crippen LogP contribution in [0.15, 0.2) is 58.5 Å². The fourth-order valence-corrected chi connectivity index (χ4v) is 4.30. The van der Waals surface area contributed by atoms with Crippen LogP contribution in [0.5, 0.6) is 0 Å². The van der Waals surface area contributed by atoms with Gasteiger partial charge in [0.05, 0.1) is 34.2 Å². The normalized spacial score (nSPS) is 15.6. The molecule has 0 bridgehead atoms. The molecule has 1 aliphatic carbocycles. The Labute approximate surface area is 186 Å². The summed E-state index contributed by atoms with van der Waals surface area (Å²) in [6.45, 7) is 10.5. The topological polar surface area (TPSA) is 37.6 Å². The van der Waals surface area contributed by atoms with Gasteiger partial charge in [-0.25, -0.2) is 4.98 Å². The maximum atomic E-state index is 5.15. The van der Waals surface area contributed by atoms with E-state index in [2.05, 4.69) is 83.1 Å². The Bertz CT molecular complexity index is 1140. The lowest BCUT2D eigenvalue weighted by molar-refractivity contribution is 0.775. The summed E-state index contributed by atoms with van der Waals surface area (Å²) in [5.41, 5.74) is 12.2. The number of hydrogen-bond acceptors (Lipinski definition) is 3. The van der Waals surface area contributed by atoms with Crippen molar-refractivity contribution in [1.82, 2.24) is 4.98 Å². The zero-order valence-electron chi connectivity index (χ0n) is 19.3. The lowest BCUT2D eigenvalue weighted by atomic mass is 10.0. The van der Waals surface area contributed by atoms with Crippen LogP contribution in [0.3, 0.4) is 0 Å². The second-order valence-electron chi connectivity index (χ2n) is 8.65. The number of nitrogens with zero attached hydrogens (tertiary/aromatic N) is 3. The average molecular weight is 410 g/mol. The minimum Gasteiger partial charge on any atom is -0.251 e. The molecule has 0 atom stereocenters. The Morgan fingerprint density at radius 2 is 1.32 bits per heavy atom. The lowest BCUT2D eigenvalue weighted by Gasteiger charge is -2.12. The van der Waals surface area contributed by atoms with Gasteiger partial charge in [0.1, 0.15) is 0 Å². The molecule has 0 saturated heterocycles. The molecule has 0 spiro atoms. The molecule has 0 saturated carbocycles. The fourth-order valence-electron chi connectivity index (χ4n) is 4.30. The highest BCUT2D eigenvalue weighted by Gasteiger charge is 2.18. The standard InChI is InChI=1S/C28H31N3/c1-18-10-8-11-19(2)26(18)29-22(5)24-17-16-23-14-6-7-15-25(28(23)30-24)31-27-20(3)12-9-13-21(27)4/h8-13,16-17H,6-7,14-15H2,1-5H3. The van der Waals surface area contributed by atoms with E-state index >= 15 is 0 Å². The third-order valence-corrected chi connectivity index (χ3v) is 6.14. The van der Waals surface area contributed by atoms with E-state index in [0.29, 0.717) is 0 Å². The van der Waals surface area contributed by atoms with Gasteiger partial charge >= 0.3 is 0 Å². The summed E-state index contributed by atoms with van der Waals surface area (Å²) < 4.78 is 0. The van der Waals surface area contributed by atoms with E-state index in [1.165, 1.54) is 34.2 Å². The zero-order chi connectivity index (χ0) is 22.0. The van der Waals surface area contributed by atoms with Gasteiger partial charge in [0, 0.05) is 0 Å². The van der Waals surface area contributed by atoms with E-state index in [4.69, 9.17) is 15.0 Å². The Hall–Kier alpha value is -3.07. The Balaban J connectivity index is 1.80. The van der Waals surface area contributed by atoms with Crippen LogP contribution < -0.4 is 0 Å². The molecule has 1 heterocycles. The first kappa shape index (κ1) is 21.2. The van der Waals surface area contributed by atoms with Crippen molar-refractivity contribution in [2.24, 2.45) is 9.98 Å². The van der Waals surface area contributed by atoms with Gasteiger partial charge in [0.2, 0.25) is 0 Å². The number of hydrogen-bond donors (Lipinski definition) is 0. The third kappa shape index (κ3) is 4.51. The van der Waals surface area contributed by atoms with Crippen LogP contribution in [0, 0.1) is 27.7 Å². The van der Waals surface area contributed by atoms with Crippen molar-refractivity contribution >= 4 is 22.8 Å². The number of benzene rings is 2. The molecule has 158 valence electrons. The first-order valence-corrected chi connectivity index (χ1v) is 11.2. The monoisotopic (exact) mass is 409 g/mol. The molecule has 3 heteroatoms. The van der Waals surface area contributed by atoms with Crippen molar-refractivity contribution < 1.29 is 0 Å². The zero-order valence-corrected chi connectivity index (χ0v) is 19.3. The third-order valence-electron chi connectivity index (χ3n) is 6.14. The van der Waals surface area contributed by atoms with Gasteiger partial charge in [-0.05, 0) is 94.2 Å². The average Bonchev–Trinajstić information content (AvgIpc) is 2.95. The molecule has 3 nitrogen and oxygen atoms in total. The molecule has 0 fully saturated rings. The quantitative estimate of drug-likeness (QED) is 0.330. The predicted molar refractivity (Wildman–Crippen MR) is 132 cm³/mol. The summed E-state index contributed by atoms with van der Waals surface area (Å²) in [7, 11) is 0. The van der Waals surface area contributed by atoms with Crippen LogP contribution >= 0.6 is 0 Å². The van der Waals surface area contributed by atoms with E-state index in [1.807, 2.05) is 0 Å². The van der Waals surface area contributed by atoms with Crippen molar-refractivity contribution in [3.8, 4) is 0 Å². The van der Waals surface area contributed by atoms with Crippen LogP contribution in [-0.4, -0.2) is 16.4 Å². The SMILES string of the molecule is CC(=Nc1c(C)cccc1C)c1ccc2c(n1)C(=Nc1c(C)cccc1C)CCCC2. The number of aliphatic imine (C=N–C) groups is 2. The van der Waals surface area contributed by atoms with Crippen molar-refractivity contribution in [3.05, 3.63) is 87.7 Å². The summed E-state index contributed by atoms with van der Waals surface area (Å²) in [4.78, 5) is 15.2. The molecule has 0 aliphatic heterocycles. The van der Waals surface area contributed by atoms with Gasteiger partial charge in [-0.2, -0.15) is 0 Å². The highest BCUT2D eigenvalue weighted by atomic mass is 14.8. The minimum atomic E-state index is 0.928. The smallest absolute Gasteiger partial charge is 0.0884 e. The van der Waals surface area contributed by atoms with Gasteiger partial charge in [0.25, 0.3) is 0 Å². The second-order valence-corrected chi connectivity index (χ2v) is 8.65. The highest BCUT2D eigenvalue weighted by Crippen LogP contribution is 2.28. The number of aryl methyl sites for hydroxylation is 5. The predicted octanol–water partition coefficient (Wildman–Crippen LogP) is 7.30. The highest BCUT2D eigenvalue weighted by molar-refractivity contribution is 6.04. The lowest BCUT2D eigenvalue weighted by Crippen LogP contribution is -2.10. The summed E-state index contributed by atoms with van der Waals surface area (Å²) in [5.74, 6) is 0. The van der Waals surface area contributed by atoms with E-state index in [1.54, 1.807) is 0 Å². The molecule has 4 rings (SSSR count). The van der Waals surface area contributed by atoms with Crippen molar-refractivity contribution in [1.29, 1.82) is 0 Å². The van der Waals surface area contributed by atoms with Gasteiger partial charge in [-0.3, -0.25) is 9.98 Å². The van der Waals surface area contributed by atoms with E-state index in [-0.39, 0.29) is 0 Å². The fraction of sp³-hybridized carbons (Fsp3) is 0.321. The van der Waals surface area contributed by atoms with Crippen LogP contribution in [0.2, 0.25) is 0 Å². The van der Waals surface area contributed by atoms with Crippen LogP contribution in [0.4, 0.5) is 11.4 Å². The number of para-hydroxylation sites is 2. The molecule has 2 aromatic carbocycles. The van der Waals surface area contributed by atoms with Crippen molar-refractivity contribution in [2.75, 3.05) is 0 Å².